The molecule has 1 aromatic rings. The second-order valence-electron chi connectivity index (χ2n) is 6.74. The minimum Gasteiger partial charge on any atom is -0.507 e. The van der Waals surface area contributed by atoms with E-state index < -0.39 is 0 Å². The molecule has 0 fully saturated rings. The molecule has 104 valence electrons. The molecule has 0 heterocycles. The number of hydrogen-bond acceptors (Lipinski definition) is 2. The van der Waals surface area contributed by atoms with E-state index in [9.17, 15) is 5.11 Å². The first-order chi connectivity index (χ1) is 7.57. The summed E-state index contributed by atoms with van der Waals surface area (Å²) in [5.41, 5.74) is 8.63. The van der Waals surface area contributed by atoms with Crippen molar-refractivity contribution in [1.82, 2.24) is 0 Å². The Morgan fingerprint density at radius 1 is 0.944 bits per heavy atom. The van der Waals surface area contributed by atoms with Gasteiger partial charge in [-0.1, -0.05) is 53.7 Å². The van der Waals surface area contributed by atoms with E-state index in [1.165, 1.54) is 0 Å². The zero-order chi connectivity index (χ0) is 13.4. The van der Waals surface area contributed by atoms with Crippen LogP contribution in [0.3, 0.4) is 0 Å². The molecule has 0 atom stereocenters. The van der Waals surface area contributed by atoms with Crippen LogP contribution in [0.15, 0.2) is 12.1 Å². The SMILES string of the molecule is CC(C)(C)c1cc(CN)cc(C(C)(C)C)c1O.Cl. The first kappa shape index (κ1) is 17.3. The summed E-state index contributed by atoms with van der Waals surface area (Å²) in [6.45, 7) is 13.1. The van der Waals surface area contributed by atoms with E-state index in [1.54, 1.807) is 0 Å². The summed E-state index contributed by atoms with van der Waals surface area (Å²) in [7, 11) is 0. The van der Waals surface area contributed by atoms with Crippen LogP contribution in [0, 0.1) is 0 Å². The van der Waals surface area contributed by atoms with Crippen LogP contribution in [0.5, 0.6) is 5.75 Å². The molecule has 0 bridgehead atoms. The predicted octanol–water partition coefficient (Wildman–Crippen LogP) is 3.87. The number of nitrogens with two attached hydrogens (primary N) is 1. The fraction of sp³-hybridized carbons (Fsp3) is 0.600. The van der Waals surface area contributed by atoms with Gasteiger partial charge < -0.3 is 10.8 Å². The topological polar surface area (TPSA) is 46.2 Å². The van der Waals surface area contributed by atoms with Crippen LogP contribution in [0.1, 0.15) is 58.2 Å². The Morgan fingerprint density at radius 3 is 1.50 bits per heavy atom. The first-order valence-corrected chi connectivity index (χ1v) is 6.14. The Kier molecular flexibility index (Phi) is 5.27. The number of halogens is 1. The molecule has 0 amide bonds. The maximum absolute atomic E-state index is 10.4. The molecule has 0 saturated heterocycles. The molecule has 1 rings (SSSR count). The maximum atomic E-state index is 10.4. The second kappa shape index (κ2) is 5.50. The largest absolute Gasteiger partial charge is 0.507 e. The van der Waals surface area contributed by atoms with Crippen LogP contribution in [0.4, 0.5) is 0 Å². The van der Waals surface area contributed by atoms with Crippen LogP contribution in [-0.4, -0.2) is 5.11 Å². The molecular weight excluding hydrogens is 246 g/mol. The van der Waals surface area contributed by atoms with Crippen LogP contribution >= 0.6 is 12.4 Å². The molecule has 18 heavy (non-hydrogen) atoms. The van der Waals surface area contributed by atoms with E-state index in [-0.39, 0.29) is 23.2 Å². The lowest BCUT2D eigenvalue weighted by Crippen LogP contribution is -2.18. The molecular formula is C15H26ClNO. The normalized spacial score (nSPS) is 12.2. The minimum atomic E-state index is -0.0741. The second-order valence-corrected chi connectivity index (χ2v) is 6.74. The van der Waals surface area contributed by atoms with Gasteiger partial charge in [0.05, 0.1) is 0 Å². The van der Waals surface area contributed by atoms with Crippen LogP contribution in [-0.2, 0) is 17.4 Å². The van der Waals surface area contributed by atoms with E-state index >= 15 is 0 Å². The summed E-state index contributed by atoms with van der Waals surface area (Å²) in [5.74, 6) is 0.419. The Bertz CT molecular complexity index is 378. The van der Waals surface area contributed by atoms with Crippen molar-refractivity contribution >= 4 is 12.4 Å². The van der Waals surface area contributed by atoms with Gasteiger partial charge in [0.2, 0.25) is 0 Å². The maximum Gasteiger partial charge on any atom is 0.123 e. The lowest BCUT2D eigenvalue weighted by Gasteiger charge is -2.28. The molecule has 0 saturated carbocycles. The van der Waals surface area contributed by atoms with Crippen molar-refractivity contribution in [2.75, 3.05) is 0 Å². The Hall–Kier alpha value is -0.730. The highest BCUT2D eigenvalue weighted by molar-refractivity contribution is 5.85. The molecule has 2 nitrogen and oxygen atoms in total. The van der Waals surface area contributed by atoms with Crippen molar-refractivity contribution in [2.24, 2.45) is 5.73 Å². The first-order valence-electron chi connectivity index (χ1n) is 6.14. The van der Waals surface area contributed by atoms with Gasteiger partial charge in [-0.15, -0.1) is 12.4 Å². The summed E-state index contributed by atoms with van der Waals surface area (Å²) in [5, 5.41) is 10.4. The average molecular weight is 272 g/mol. The summed E-state index contributed by atoms with van der Waals surface area (Å²) in [6.07, 6.45) is 0. The van der Waals surface area contributed by atoms with E-state index in [4.69, 9.17) is 5.73 Å². The molecule has 3 heteroatoms. The lowest BCUT2D eigenvalue weighted by atomic mass is 9.78. The van der Waals surface area contributed by atoms with Gasteiger partial charge in [0.15, 0.2) is 0 Å². The molecule has 0 spiro atoms. The minimum absolute atomic E-state index is 0. The molecule has 0 unspecified atom stereocenters. The molecule has 1 aromatic carbocycles. The fourth-order valence-electron chi connectivity index (χ4n) is 1.96. The summed E-state index contributed by atoms with van der Waals surface area (Å²) in [4.78, 5) is 0. The van der Waals surface area contributed by atoms with E-state index in [1.807, 2.05) is 12.1 Å². The predicted molar refractivity (Wildman–Crippen MR) is 80.6 cm³/mol. The van der Waals surface area contributed by atoms with E-state index in [2.05, 4.69) is 41.5 Å². The van der Waals surface area contributed by atoms with Crippen molar-refractivity contribution in [3.63, 3.8) is 0 Å². The van der Waals surface area contributed by atoms with Crippen molar-refractivity contribution in [3.8, 4) is 5.75 Å². The average Bonchev–Trinajstić information content (AvgIpc) is 2.14. The third-order valence-electron chi connectivity index (χ3n) is 3.02. The third kappa shape index (κ3) is 3.63. The van der Waals surface area contributed by atoms with Gasteiger partial charge in [0.25, 0.3) is 0 Å². The Balaban J connectivity index is 0.00000289. The van der Waals surface area contributed by atoms with Crippen molar-refractivity contribution in [1.29, 1.82) is 0 Å². The van der Waals surface area contributed by atoms with Crippen LogP contribution in [0.25, 0.3) is 0 Å². The van der Waals surface area contributed by atoms with Crippen molar-refractivity contribution in [2.45, 2.75) is 58.9 Å². The molecule has 0 aliphatic carbocycles. The highest BCUT2D eigenvalue weighted by atomic mass is 35.5. The number of phenolic OH excluding ortho intramolecular Hbond substituents is 1. The number of hydrogen-bond donors (Lipinski definition) is 2. The number of rotatable bonds is 1. The lowest BCUT2D eigenvalue weighted by molar-refractivity contribution is 0.422. The van der Waals surface area contributed by atoms with Crippen molar-refractivity contribution in [3.05, 3.63) is 28.8 Å². The van der Waals surface area contributed by atoms with Crippen LogP contribution < -0.4 is 5.73 Å². The molecule has 3 N–H and O–H groups in total. The van der Waals surface area contributed by atoms with Crippen molar-refractivity contribution < 1.29 is 5.11 Å². The molecule has 0 aromatic heterocycles. The van der Waals surface area contributed by atoms with Gasteiger partial charge in [0, 0.05) is 6.54 Å². The zero-order valence-electron chi connectivity index (χ0n) is 12.3. The third-order valence-corrected chi connectivity index (χ3v) is 3.02. The van der Waals surface area contributed by atoms with Crippen LogP contribution in [0.2, 0.25) is 0 Å². The van der Waals surface area contributed by atoms with E-state index in [0.29, 0.717) is 12.3 Å². The molecule has 0 radical (unpaired) electrons. The summed E-state index contributed by atoms with van der Waals surface area (Å²) in [6, 6.07) is 4.04. The van der Waals surface area contributed by atoms with E-state index in [0.717, 1.165) is 16.7 Å². The quantitative estimate of drug-likeness (QED) is 0.815. The number of benzene rings is 1. The molecule has 0 aliphatic rings. The Labute approximate surface area is 117 Å². The zero-order valence-corrected chi connectivity index (χ0v) is 13.1. The number of aromatic hydroxyl groups is 1. The fourth-order valence-corrected chi connectivity index (χ4v) is 1.96. The van der Waals surface area contributed by atoms with Gasteiger partial charge in [-0.05, 0) is 27.5 Å². The van der Waals surface area contributed by atoms with Gasteiger partial charge in [0.1, 0.15) is 5.75 Å². The highest BCUT2D eigenvalue weighted by Gasteiger charge is 2.26. The molecule has 0 aliphatic heterocycles. The van der Waals surface area contributed by atoms with Gasteiger partial charge in [-0.2, -0.15) is 0 Å². The van der Waals surface area contributed by atoms with Gasteiger partial charge in [-0.25, -0.2) is 0 Å². The Morgan fingerprint density at radius 2 is 1.28 bits per heavy atom. The monoisotopic (exact) mass is 271 g/mol. The van der Waals surface area contributed by atoms with Gasteiger partial charge in [-0.3, -0.25) is 0 Å². The number of phenols is 1. The smallest absolute Gasteiger partial charge is 0.123 e. The standard InChI is InChI=1S/C15H25NO.ClH/c1-14(2,3)11-7-10(9-16)8-12(13(11)17)15(4,5)6;/h7-8,17H,9,16H2,1-6H3;1H. The summed E-state index contributed by atoms with van der Waals surface area (Å²) >= 11 is 0. The summed E-state index contributed by atoms with van der Waals surface area (Å²) < 4.78 is 0. The highest BCUT2D eigenvalue weighted by Crippen LogP contribution is 2.39. The van der Waals surface area contributed by atoms with Gasteiger partial charge >= 0.3 is 0 Å².